The van der Waals surface area contributed by atoms with Gasteiger partial charge < -0.3 is 10.2 Å². The molecule has 2 fully saturated rings. The molecule has 0 radical (unpaired) electrons. The van der Waals surface area contributed by atoms with Crippen molar-refractivity contribution in [3.63, 3.8) is 0 Å². The monoisotopic (exact) mass is 433 g/mol. The van der Waals surface area contributed by atoms with Gasteiger partial charge in [0.05, 0.1) is 5.92 Å². The van der Waals surface area contributed by atoms with Crippen LogP contribution in [0.3, 0.4) is 0 Å². The second-order valence-electron chi connectivity index (χ2n) is 9.80. The SMILES string of the molecule is Cc1ccccc1CCN(CC1CC2CCC(C)C(C)C2NC1=O)C(=O)c1ccncc1. The molecule has 1 N–H and O–H groups in total. The molecule has 1 aromatic carbocycles. The number of hydrogen-bond donors (Lipinski definition) is 1. The lowest BCUT2D eigenvalue weighted by molar-refractivity contribution is -0.131. The molecule has 4 rings (SSSR count). The van der Waals surface area contributed by atoms with Gasteiger partial charge in [-0.15, -0.1) is 0 Å². The normalized spacial score (nSPS) is 27.3. The molecule has 2 amide bonds. The van der Waals surface area contributed by atoms with E-state index >= 15 is 0 Å². The van der Waals surface area contributed by atoms with E-state index in [-0.39, 0.29) is 23.8 Å². The largest absolute Gasteiger partial charge is 0.353 e. The van der Waals surface area contributed by atoms with Gasteiger partial charge in [0, 0.05) is 37.1 Å². The smallest absolute Gasteiger partial charge is 0.253 e. The van der Waals surface area contributed by atoms with Gasteiger partial charge in [-0.1, -0.05) is 44.5 Å². The predicted molar refractivity (Wildman–Crippen MR) is 126 cm³/mol. The Morgan fingerprint density at radius 3 is 2.62 bits per heavy atom. The maximum Gasteiger partial charge on any atom is 0.253 e. The van der Waals surface area contributed by atoms with Crippen molar-refractivity contribution in [2.45, 2.75) is 52.5 Å². The molecule has 32 heavy (non-hydrogen) atoms. The first kappa shape index (κ1) is 22.5. The third kappa shape index (κ3) is 4.87. The molecule has 5 unspecified atom stereocenters. The van der Waals surface area contributed by atoms with Crippen molar-refractivity contribution in [3.05, 3.63) is 65.5 Å². The lowest BCUT2D eigenvalue weighted by atomic mass is 9.67. The number of fused-ring (bicyclic) bond motifs is 1. The van der Waals surface area contributed by atoms with Crippen LogP contribution in [0.4, 0.5) is 0 Å². The molecule has 2 heterocycles. The van der Waals surface area contributed by atoms with E-state index in [4.69, 9.17) is 0 Å². The number of amides is 2. The Balaban J connectivity index is 1.50. The van der Waals surface area contributed by atoms with Crippen LogP contribution in [0.2, 0.25) is 0 Å². The van der Waals surface area contributed by atoms with Crippen molar-refractivity contribution in [1.82, 2.24) is 15.2 Å². The van der Waals surface area contributed by atoms with E-state index in [1.165, 1.54) is 17.5 Å². The molecule has 5 heteroatoms. The van der Waals surface area contributed by atoms with Gasteiger partial charge in [0.1, 0.15) is 0 Å². The van der Waals surface area contributed by atoms with Crippen LogP contribution in [0, 0.1) is 30.6 Å². The molecule has 1 aromatic heterocycles. The number of aryl methyl sites for hydroxylation is 1. The first-order chi connectivity index (χ1) is 15.4. The zero-order valence-corrected chi connectivity index (χ0v) is 19.5. The standard InChI is InChI=1S/C27H35N3O2/c1-18-8-9-23-16-24(26(31)29-25(23)20(18)3)17-30(27(32)22-10-13-28-14-11-22)15-12-21-7-5-4-6-19(21)2/h4-7,10-11,13-14,18,20,23-25H,8-9,12,15-17H2,1-3H3,(H,29,31). The van der Waals surface area contributed by atoms with Crippen molar-refractivity contribution in [1.29, 1.82) is 0 Å². The summed E-state index contributed by atoms with van der Waals surface area (Å²) in [7, 11) is 0. The Labute approximate surface area is 191 Å². The van der Waals surface area contributed by atoms with E-state index in [1.807, 2.05) is 17.0 Å². The van der Waals surface area contributed by atoms with Gasteiger partial charge >= 0.3 is 0 Å². The number of carbonyl (C=O) groups is 2. The van der Waals surface area contributed by atoms with E-state index in [0.29, 0.717) is 36.4 Å². The summed E-state index contributed by atoms with van der Waals surface area (Å²) in [5.74, 6) is 1.59. The molecule has 1 saturated heterocycles. The lowest BCUT2D eigenvalue weighted by Gasteiger charge is -2.46. The highest BCUT2D eigenvalue weighted by molar-refractivity contribution is 5.94. The third-order valence-electron chi connectivity index (χ3n) is 7.80. The van der Waals surface area contributed by atoms with Gasteiger partial charge in [0.25, 0.3) is 5.91 Å². The van der Waals surface area contributed by atoms with Crippen molar-refractivity contribution in [2.75, 3.05) is 13.1 Å². The van der Waals surface area contributed by atoms with Gasteiger partial charge in [-0.25, -0.2) is 0 Å². The Morgan fingerprint density at radius 2 is 1.88 bits per heavy atom. The zero-order valence-electron chi connectivity index (χ0n) is 19.5. The highest BCUT2D eigenvalue weighted by atomic mass is 16.2. The minimum atomic E-state index is -0.153. The van der Waals surface area contributed by atoms with Crippen molar-refractivity contribution < 1.29 is 9.59 Å². The van der Waals surface area contributed by atoms with Crippen LogP contribution in [-0.2, 0) is 11.2 Å². The molecule has 5 atom stereocenters. The Hall–Kier alpha value is -2.69. The van der Waals surface area contributed by atoms with Crippen LogP contribution in [0.25, 0.3) is 0 Å². The van der Waals surface area contributed by atoms with E-state index < -0.39 is 0 Å². The number of carbonyl (C=O) groups excluding carboxylic acids is 2. The van der Waals surface area contributed by atoms with Gasteiger partial charge in [-0.2, -0.15) is 0 Å². The molecule has 1 aliphatic carbocycles. The second-order valence-corrected chi connectivity index (χ2v) is 9.80. The average Bonchev–Trinajstić information content (AvgIpc) is 2.81. The fraction of sp³-hybridized carbons (Fsp3) is 0.519. The fourth-order valence-electron chi connectivity index (χ4n) is 5.49. The van der Waals surface area contributed by atoms with E-state index in [1.54, 1.807) is 24.5 Å². The summed E-state index contributed by atoms with van der Waals surface area (Å²) >= 11 is 0. The van der Waals surface area contributed by atoms with E-state index in [9.17, 15) is 9.59 Å². The van der Waals surface area contributed by atoms with Crippen molar-refractivity contribution >= 4 is 11.8 Å². The number of piperidine rings is 1. The predicted octanol–water partition coefficient (Wildman–Crippen LogP) is 4.26. The lowest BCUT2D eigenvalue weighted by Crippen LogP contribution is -2.57. The van der Waals surface area contributed by atoms with Crippen LogP contribution in [0.1, 0.15) is 54.6 Å². The Kier molecular flexibility index (Phi) is 6.92. The Morgan fingerprint density at radius 1 is 1.12 bits per heavy atom. The zero-order chi connectivity index (χ0) is 22.7. The molecule has 1 saturated carbocycles. The number of benzene rings is 1. The number of nitrogens with zero attached hydrogens (tertiary/aromatic N) is 2. The number of rotatable bonds is 6. The molecule has 2 aromatic rings. The number of aromatic nitrogens is 1. The van der Waals surface area contributed by atoms with Crippen molar-refractivity contribution in [2.24, 2.45) is 23.7 Å². The number of pyridine rings is 1. The summed E-state index contributed by atoms with van der Waals surface area (Å²) in [6.07, 6.45) is 7.33. The fourth-order valence-corrected chi connectivity index (χ4v) is 5.49. The molecule has 1 aliphatic heterocycles. The van der Waals surface area contributed by atoms with Crippen LogP contribution < -0.4 is 5.32 Å². The van der Waals surface area contributed by atoms with E-state index in [2.05, 4.69) is 43.2 Å². The summed E-state index contributed by atoms with van der Waals surface area (Å²) in [5, 5.41) is 3.33. The molecule has 5 nitrogen and oxygen atoms in total. The summed E-state index contributed by atoms with van der Waals surface area (Å²) in [5.41, 5.74) is 3.09. The summed E-state index contributed by atoms with van der Waals surface area (Å²) in [4.78, 5) is 32.4. The maximum absolute atomic E-state index is 13.4. The summed E-state index contributed by atoms with van der Waals surface area (Å²) < 4.78 is 0. The molecular weight excluding hydrogens is 398 g/mol. The first-order valence-corrected chi connectivity index (χ1v) is 12.0. The van der Waals surface area contributed by atoms with Gasteiger partial charge in [-0.3, -0.25) is 14.6 Å². The highest BCUT2D eigenvalue weighted by Crippen LogP contribution is 2.39. The highest BCUT2D eigenvalue weighted by Gasteiger charge is 2.42. The van der Waals surface area contributed by atoms with Crippen LogP contribution in [-0.4, -0.2) is 40.8 Å². The van der Waals surface area contributed by atoms with Crippen molar-refractivity contribution in [3.8, 4) is 0 Å². The molecular formula is C27H35N3O2. The molecule has 0 spiro atoms. The topological polar surface area (TPSA) is 62.3 Å². The van der Waals surface area contributed by atoms with E-state index in [0.717, 1.165) is 19.3 Å². The van der Waals surface area contributed by atoms with Crippen LogP contribution in [0.5, 0.6) is 0 Å². The summed E-state index contributed by atoms with van der Waals surface area (Å²) in [6, 6.07) is 12.1. The summed E-state index contributed by atoms with van der Waals surface area (Å²) in [6.45, 7) is 7.72. The molecule has 2 aliphatic rings. The third-order valence-corrected chi connectivity index (χ3v) is 7.80. The molecule has 170 valence electrons. The van der Waals surface area contributed by atoms with Gasteiger partial charge in [0.2, 0.25) is 5.91 Å². The molecule has 0 bridgehead atoms. The number of nitrogens with one attached hydrogen (secondary N) is 1. The van der Waals surface area contributed by atoms with Crippen LogP contribution >= 0.6 is 0 Å². The minimum Gasteiger partial charge on any atom is -0.353 e. The maximum atomic E-state index is 13.4. The first-order valence-electron chi connectivity index (χ1n) is 12.0. The minimum absolute atomic E-state index is 0.0263. The van der Waals surface area contributed by atoms with Crippen LogP contribution in [0.15, 0.2) is 48.8 Å². The Bertz CT molecular complexity index is 945. The quantitative estimate of drug-likeness (QED) is 0.740. The average molecular weight is 434 g/mol. The van der Waals surface area contributed by atoms with Gasteiger partial charge in [-0.05, 0) is 67.2 Å². The number of hydrogen-bond acceptors (Lipinski definition) is 3. The van der Waals surface area contributed by atoms with Gasteiger partial charge in [0.15, 0.2) is 0 Å². The second kappa shape index (κ2) is 9.85.